The van der Waals surface area contributed by atoms with Gasteiger partial charge < -0.3 is 34.2 Å². The van der Waals surface area contributed by atoms with Crippen molar-refractivity contribution in [2.24, 2.45) is 11.3 Å². The molecule has 4 aromatic heterocycles. The number of benzene rings is 2. The normalized spacial score (nSPS) is 18.6. The molecule has 16 nitrogen and oxygen atoms in total. The molecule has 9 rings (SSSR count). The van der Waals surface area contributed by atoms with Crippen LogP contribution in [-0.4, -0.2) is 141 Å². The van der Waals surface area contributed by atoms with Crippen molar-refractivity contribution in [2.75, 3.05) is 75.5 Å². The molecule has 0 aliphatic carbocycles. The zero-order valence-corrected chi connectivity index (χ0v) is 44.2. The van der Waals surface area contributed by atoms with Gasteiger partial charge in [-0.25, -0.2) is 23.9 Å². The highest BCUT2D eigenvalue weighted by Crippen LogP contribution is 2.37. The number of carbonyl (C=O) groups excluding carboxylic acids is 4. The number of imidazole rings is 1. The Morgan fingerprint density at radius 3 is 2.35 bits per heavy atom. The molecule has 18 heteroatoms. The minimum Gasteiger partial charge on any atom is -0.391 e. The van der Waals surface area contributed by atoms with Crippen LogP contribution in [0.15, 0.2) is 90.6 Å². The first-order valence-electron chi connectivity index (χ1n) is 26.2. The highest BCUT2D eigenvalue weighted by Gasteiger charge is 2.44. The van der Waals surface area contributed by atoms with Crippen molar-refractivity contribution in [1.82, 2.24) is 34.4 Å². The van der Waals surface area contributed by atoms with Gasteiger partial charge in [-0.2, -0.15) is 0 Å². The highest BCUT2D eigenvalue weighted by molar-refractivity contribution is 7.13. The van der Waals surface area contributed by atoms with Gasteiger partial charge in [0, 0.05) is 70.9 Å². The lowest BCUT2D eigenvalue weighted by atomic mass is 9.76. The number of aromatic nitrogens is 5. The SMILES string of the molecule is Cc1ncsc1-c1ccc(CCC(=O)[C@@H]2C[C@@H](O)CN2C(=O)[C@@H](CC(=O)CCOCCOCCC(=O)N2CCN(c3cccc(-c4cnc5ccc(N6CCC[C@@H]6c6cccc(F)c6)nn45)n3)CC2)C(C)(C)C)cc1. The second kappa shape index (κ2) is 24.0. The maximum Gasteiger partial charge on any atom is 0.227 e. The first-order chi connectivity index (χ1) is 36.2. The number of aliphatic hydroxyl groups is 1. The van der Waals surface area contributed by atoms with Gasteiger partial charge >= 0.3 is 0 Å². The third-order valence-electron chi connectivity index (χ3n) is 14.8. The maximum absolute atomic E-state index is 14.1. The number of aliphatic hydroxyl groups excluding tert-OH is 1. The molecular formula is C57H68FN9O7S. The molecule has 396 valence electrons. The average Bonchev–Trinajstić information content (AvgIpc) is 4.25. The lowest BCUT2D eigenvalue weighted by Gasteiger charge is -2.35. The molecule has 4 atom stereocenters. The van der Waals surface area contributed by atoms with Gasteiger partial charge in [-0.3, -0.25) is 19.2 Å². The average molecular weight is 1040 g/mol. The summed E-state index contributed by atoms with van der Waals surface area (Å²) in [6.45, 7) is 11.9. The van der Waals surface area contributed by atoms with Crippen LogP contribution in [0.3, 0.4) is 0 Å². The number of thiazole rings is 1. The van der Waals surface area contributed by atoms with Crippen molar-refractivity contribution < 1.29 is 38.1 Å². The Kier molecular flexibility index (Phi) is 17.1. The third kappa shape index (κ3) is 13.0. The van der Waals surface area contributed by atoms with Gasteiger partial charge in [0.15, 0.2) is 11.4 Å². The van der Waals surface area contributed by atoms with E-state index in [1.54, 1.807) is 29.7 Å². The molecule has 0 radical (unpaired) electrons. The standard InChI is InChI=1S/C57H68FN9O7S/c1-38-55(75-37-60-38)40-16-13-39(14-17-40)15-18-50(70)48-34-44(69)36-66(48)56(72)45(57(2,3)4)33-43(68)21-28-73-30-31-74-29-22-54(71)64-26-24-63(25-27-64)52-12-6-10-46(61-52)49-35-59-51-19-20-53(62-67(49)51)65-23-7-11-47(65)41-8-5-9-42(58)32-41/h5-6,8-10,12-14,16-17,19-20,32,35,37,44-45,47-48,69H,7,11,15,18,21-31,33-34,36H2,1-4H3/t44-,45-,47-,48+/m1/s1. The highest BCUT2D eigenvalue weighted by atomic mass is 32.1. The summed E-state index contributed by atoms with van der Waals surface area (Å²) in [5, 5.41) is 15.7. The molecule has 2 aromatic carbocycles. The van der Waals surface area contributed by atoms with E-state index in [9.17, 15) is 28.7 Å². The molecule has 3 aliphatic heterocycles. The van der Waals surface area contributed by atoms with Crippen LogP contribution in [0.25, 0.3) is 27.5 Å². The van der Waals surface area contributed by atoms with Crippen molar-refractivity contribution in [3.63, 3.8) is 0 Å². The number of fused-ring (bicyclic) bond motifs is 1. The molecule has 7 heterocycles. The summed E-state index contributed by atoms with van der Waals surface area (Å²) in [5.41, 5.74) is 7.48. The number of ketones is 2. The summed E-state index contributed by atoms with van der Waals surface area (Å²) in [5.74, 6) is 0.203. The van der Waals surface area contributed by atoms with E-state index in [0.717, 1.165) is 69.7 Å². The number of amides is 2. The first kappa shape index (κ1) is 53.4. The van der Waals surface area contributed by atoms with Crippen LogP contribution in [-0.2, 0) is 35.1 Å². The van der Waals surface area contributed by atoms with Gasteiger partial charge in [0.2, 0.25) is 11.8 Å². The minimum atomic E-state index is -0.809. The van der Waals surface area contributed by atoms with E-state index in [2.05, 4.69) is 19.8 Å². The molecule has 75 heavy (non-hydrogen) atoms. The van der Waals surface area contributed by atoms with Gasteiger partial charge in [0.25, 0.3) is 0 Å². The largest absolute Gasteiger partial charge is 0.391 e. The Morgan fingerprint density at radius 2 is 1.61 bits per heavy atom. The molecule has 0 spiro atoms. The van der Waals surface area contributed by atoms with Gasteiger partial charge in [0.05, 0.1) is 79.0 Å². The summed E-state index contributed by atoms with van der Waals surface area (Å²) < 4.78 is 27.4. The zero-order valence-electron chi connectivity index (χ0n) is 43.4. The van der Waals surface area contributed by atoms with Crippen LogP contribution in [0.4, 0.5) is 16.0 Å². The second-order valence-corrected chi connectivity index (χ2v) is 21.8. The van der Waals surface area contributed by atoms with Crippen LogP contribution in [0.2, 0.25) is 0 Å². The van der Waals surface area contributed by atoms with Crippen LogP contribution in [0.5, 0.6) is 0 Å². The maximum atomic E-state index is 14.1. The number of nitrogens with zero attached hydrogens (tertiary/aromatic N) is 9. The second-order valence-electron chi connectivity index (χ2n) is 21.0. The molecule has 3 saturated heterocycles. The zero-order chi connectivity index (χ0) is 52.6. The molecular weight excluding hydrogens is 974 g/mol. The van der Waals surface area contributed by atoms with Crippen molar-refractivity contribution in [3.8, 4) is 21.8 Å². The summed E-state index contributed by atoms with van der Waals surface area (Å²) in [7, 11) is 0. The van der Waals surface area contributed by atoms with Crippen LogP contribution in [0, 0.1) is 24.1 Å². The lowest BCUT2D eigenvalue weighted by molar-refractivity contribution is -0.146. The fourth-order valence-corrected chi connectivity index (χ4v) is 11.3. The number of carbonyl (C=O) groups is 4. The number of anilines is 2. The van der Waals surface area contributed by atoms with E-state index in [1.165, 1.54) is 11.0 Å². The van der Waals surface area contributed by atoms with Crippen molar-refractivity contribution in [3.05, 3.63) is 113 Å². The van der Waals surface area contributed by atoms with Gasteiger partial charge in [-0.15, -0.1) is 16.4 Å². The predicted molar refractivity (Wildman–Crippen MR) is 286 cm³/mol. The number of piperazine rings is 1. The number of likely N-dealkylation sites (tertiary alicyclic amines) is 1. The lowest BCUT2D eigenvalue weighted by Crippen LogP contribution is -2.49. The Bertz CT molecular complexity index is 2950. The fraction of sp³-hybridized carbons (Fsp3) is 0.474. The quantitative estimate of drug-likeness (QED) is 0.0689. The molecule has 0 bridgehead atoms. The summed E-state index contributed by atoms with van der Waals surface area (Å²) in [6.07, 6.45) is 4.18. The Labute approximate surface area is 441 Å². The molecule has 1 N–H and O–H groups in total. The number of halogens is 1. The monoisotopic (exact) mass is 1040 g/mol. The van der Waals surface area contributed by atoms with Crippen LogP contribution in [0.1, 0.15) is 88.6 Å². The predicted octanol–water partition coefficient (Wildman–Crippen LogP) is 7.95. The summed E-state index contributed by atoms with van der Waals surface area (Å²) in [4.78, 5) is 77.0. The van der Waals surface area contributed by atoms with E-state index in [-0.39, 0.29) is 100 Å². The summed E-state index contributed by atoms with van der Waals surface area (Å²) >= 11 is 1.59. The van der Waals surface area contributed by atoms with E-state index in [4.69, 9.17) is 19.6 Å². The third-order valence-corrected chi connectivity index (χ3v) is 15.7. The molecule has 0 unspecified atom stereocenters. The first-order valence-corrected chi connectivity index (χ1v) is 27.1. The number of β-amino-alcohol motifs (C(OH)–C–C–N with tert-alkyl or cyclic N) is 1. The Balaban J connectivity index is 0.672. The number of rotatable bonds is 21. The Hall–Kier alpha value is -6.47. The topological polar surface area (TPSA) is 176 Å². The van der Waals surface area contributed by atoms with Crippen LogP contribution < -0.4 is 9.80 Å². The summed E-state index contributed by atoms with van der Waals surface area (Å²) in [6, 6.07) is 24.0. The van der Waals surface area contributed by atoms with Crippen LogP contribution >= 0.6 is 11.3 Å². The van der Waals surface area contributed by atoms with Gasteiger partial charge in [0.1, 0.15) is 28.9 Å². The molecule has 0 saturated carbocycles. The van der Waals surface area contributed by atoms with E-state index < -0.39 is 23.5 Å². The number of Topliss-reactive ketones (excluding diaryl/α,β-unsaturated/α-hetero) is 2. The smallest absolute Gasteiger partial charge is 0.227 e. The molecule has 6 aromatic rings. The number of ether oxygens (including phenoxy) is 2. The number of aryl methyl sites for hydroxylation is 2. The minimum absolute atomic E-state index is 0.00362. The van der Waals surface area contributed by atoms with Gasteiger partial charge in [-0.05, 0) is 84.7 Å². The fourth-order valence-electron chi connectivity index (χ4n) is 10.5. The van der Waals surface area contributed by atoms with Gasteiger partial charge in [-0.1, -0.05) is 63.2 Å². The number of pyridine rings is 1. The van der Waals surface area contributed by atoms with Crippen molar-refractivity contribution >= 4 is 52.0 Å². The number of hydrogen-bond acceptors (Lipinski definition) is 14. The van der Waals surface area contributed by atoms with Crippen molar-refractivity contribution in [2.45, 2.75) is 97.2 Å². The van der Waals surface area contributed by atoms with E-state index in [1.807, 2.05) is 103 Å². The number of hydrogen-bond donors (Lipinski definition) is 1. The van der Waals surface area contributed by atoms with Crippen molar-refractivity contribution in [1.29, 1.82) is 0 Å². The van der Waals surface area contributed by atoms with E-state index in [0.29, 0.717) is 38.2 Å². The molecule has 3 fully saturated rings. The molecule has 2 amide bonds. The molecule has 3 aliphatic rings. The Morgan fingerprint density at radius 1 is 0.853 bits per heavy atom. The van der Waals surface area contributed by atoms with E-state index >= 15 is 0 Å².